The molecule has 0 radical (unpaired) electrons. The molecule has 2 N–H and O–H groups in total. The Labute approximate surface area is 172 Å². The Morgan fingerprint density at radius 2 is 2.00 bits per heavy atom. The first-order valence-electron chi connectivity index (χ1n) is 8.92. The van der Waals surface area contributed by atoms with E-state index in [0.29, 0.717) is 5.88 Å². The summed E-state index contributed by atoms with van der Waals surface area (Å²) in [4.78, 5) is 27.9. The Morgan fingerprint density at radius 3 is 2.66 bits per heavy atom. The Balaban J connectivity index is 1.80. The van der Waals surface area contributed by atoms with Gasteiger partial charge in [0.05, 0.1) is 18.6 Å². The number of rotatable bonds is 4. The van der Waals surface area contributed by atoms with Crippen molar-refractivity contribution in [1.82, 2.24) is 25.2 Å². The van der Waals surface area contributed by atoms with Crippen molar-refractivity contribution in [2.75, 3.05) is 14.2 Å². The van der Waals surface area contributed by atoms with Crippen LogP contribution in [0.1, 0.15) is 23.3 Å². The lowest BCUT2D eigenvalue weighted by Gasteiger charge is -2.45. The van der Waals surface area contributed by atoms with Crippen LogP contribution in [0.4, 0.5) is 0 Å². The SMILES string of the molecule is COc1ccc(C2C(=O)N(C)C(=N)N[C@]2(C)c2cc(-c3cncnc3)cs2)cn1. The third kappa shape index (κ3) is 3.23. The minimum atomic E-state index is -0.810. The lowest BCUT2D eigenvalue weighted by molar-refractivity contribution is -0.131. The Kier molecular flexibility index (Phi) is 4.75. The van der Waals surface area contributed by atoms with Crippen LogP contribution in [-0.2, 0) is 10.3 Å². The number of amides is 1. The molecule has 9 heteroatoms. The normalized spacial score (nSPS) is 21.8. The van der Waals surface area contributed by atoms with Gasteiger partial charge in [0.25, 0.3) is 0 Å². The van der Waals surface area contributed by atoms with Gasteiger partial charge >= 0.3 is 0 Å². The molecule has 4 heterocycles. The summed E-state index contributed by atoms with van der Waals surface area (Å²) >= 11 is 1.53. The van der Waals surface area contributed by atoms with E-state index < -0.39 is 11.5 Å². The number of hydrogen-bond acceptors (Lipinski definition) is 7. The van der Waals surface area contributed by atoms with Crippen LogP contribution < -0.4 is 10.1 Å². The first-order valence-corrected chi connectivity index (χ1v) is 9.80. The van der Waals surface area contributed by atoms with E-state index in [2.05, 4.69) is 20.3 Å². The van der Waals surface area contributed by atoms with Crippen LogP contribution in [-0.4, -0.2) is 45.9 Å². The number of ether oxygens (including phenoxy) is 1. The molecule has 0 aliphatic carbocycles. The van der Waals surface area contributed by atoms with E-state index in [1.54, 1.807) is 38.8 Å². The van der Waals surface area contributed by atoms with Crippen LogP contribution in [0.2, 0.25) is 0 Å². The topological polar surface area (TPSA) is 104 Å². The first-order chi connectivity index (χ1) is 13.9. The number of carbonyl (C=O) groups excluding carboxylic acids is 1. The highest BCUT2D eigenvalue weighted by Gasteiger charge is 2.49. The molecule has 2 atom stereocenters. The predicted octanol–water partition coefficient (Wildman–Crippen LogP) is 2.60. The van der Waals surface area contributed by atoms with Crippen LogP contribution in [0.5, 0.6) is 5.88 Å². The third-order valence-corrected chi connectivity index (χ3v) is 6.34. The van der Waals surface area contributed by atoms with Gasteiger partial charge in [-0.1, -0.05) is 6.07 Å². The summed E-state index contributed by atoms with van der Waals surface area (Å²) in [5.41, 5.74) is 1.81. The van der Waals surface area contributed by atoms with Gasteiger partial charge in [0, 0.05) is 42.1 Å². The lowest BCUT2D eigenvalue weighted by Crippen LogP contribution is -2.62. The molecule has 1 amide bonds. The molecule has 0 saturated carbocycles. The molecule has 1 aliphatic heterocycles. The van der Waals surface area contributed by atoms with Crippen LogP contribution in [0.3, 0.4) is 0 Å². The Bertz CT molecular complexity index is 1050. The molecule has 8 nitrogen and oxygen atoms in total. The van der Waals surface area contributed by atoms with Gasteiger partial charge in [-0.2, -0.15) is 0 Å². The second-order valence-electron chi connectivity index (χ2n) is 6.97. The molecule has 29 heavy (non-hydrogen) atoms. The zero-order valence-corrected chi connectivity index (χ0v) is 17.0. The van der Waals surface area contributed by atoms with E-state index in [1.807, 2.05) is 24.4 Å². The predicted molar refractivity (Wildman–Crippen MR) is 110 cm³/mol. The molecule has 0 spiro atoms. The van der Waals surface area contributed by atoms with Gasteiger partial charge in [-0.3, -0.25) is 15.1 Å². The summed E-state index contributed by atoms with van der Waals surface area (Å²) in [6.45, 7) is 1.94. The van der Waals surface area contributed by atoms with Gasteiger partial charge in [-0.15, -0.1) is 11.3 Å². The number of guanidine groups is 1. The van der Waals surface area contributed by atoms with Crippen molar-refractivity contribution < 1.29 is 9.53 Å². The number of thiophene rings is 1. The summed E-state index contributed by atoms with van der Waals surface area (Å²) in [6, 6.07) is 5.60. The van der Waals surface area contributed by atoms with Crippen LogP contribution in [0.15, 0.2) is 48.5 Å². The summed E-state index contributed by atoms with van der Waals surface area (Å²) < 4.78 is 5.14. The zero-order chi connectivity index (χ0) is 20.6. The van der Waals surface area contributed by atoms with Gasteiger partial charge in [0.15, 0.2) is 5.96 Å². The summed E-state index contributed by atoms with van der Waals surface area (Å²) in [7, 11) is 3.15. The second kappa shape index (κ2) is 7.25. The molecule has 148 valence electrons. The van der Waals surface area contributed by atoms with E-state index in [1.165, 1.54) is 22.6 Å². The van der Waals surface area contributed by atoms with Gasteiger partial charge in [-0.25, -0.2) is 15.0 Å². The standard InChI is InChI=1S/C20H20N6O2S/c1-20(15-6-13(10-29-15)14-7-22-11-23-8-14)17(18(27)26(2)19(21)25-20)12-4-5-16(28-3)24-9-12/h4-11,17H,1-3H3,(H2,21,25)/t17?,20-/m1/s1. The number of hydrogen-bond donors (Lipinski definition) is 2. The van der Waals surface area contributed by atoms with Crippen molar-refractivity contribution in [3.05, 3.63) is 58.9 Å². The molecule has 1 unspecified atom stereocenters. The van der Waals surface area contributed by atoms with Crippen LogP contribution in [0.25, 0.3) is 11.1 Å². The number of nitrogens with one attached hydrogen (secondary N) is 2. The Morgan fingerprint density at radius 1 is 1.24 bits per heavy atom. The summed E-state index contributed by atoms with van der Waals surface area (Å²) in [6.07, 6.45) is 6.65. The van der Waals surface area contributed by atoms with E-state index in [4.69, 9.17) is 10.1 Å². The maximum absolute atomic E-state index is 13.2. The van der Waals surface area contributed by atoms with Gasteiger partial charge in [-0.05, 0) is 29.5 Å². The molecule has 3 aromatic heterocycles. The van der Waals surface area contributed by atoms with Crippen LogP contribution >= 0.6 is 11.3 Å². The maximum atomic E-state index is 13.2. The highest BCUT2D eigenvalue weighted by Crippen LogP contribution is 2.44. The van der Waals surface area contributed by atoms with Crippen molar-refractivity contribution in [2.45, 2.75) is 18.4 Å². The maximum Gasteiger partial charge on any atom is 0.239 e. The summed E-state index contributed by atoms with van der Waals surface area (Å²) in [5, 5.41) is 13.5. The quantitative estimate of drug-likeness (QED) is 0.688. The van der Waals surface area contributed by atoms with Gasteiger partial charge in [0.2, 0.25) is 11.8 Å². The molecule has 1 aliphatic rings. The van der Waals surface area contributed by atoms with Gasteiger partial charge < -0.3 is 10.1 Å². The highest BCUT2D eigenvalue weighted by atomic mass is 32.1. The number of methoxy groups -OCH3 is 1. The van der Waals surface area contributed by atoms with E-state index >= 15 is 0 Å². The van der Waals surface area contributed by atoms with Crippen molar-refractivity contribution in [2.24, 2.45) is 0 Å². The smallest absolute Gasteiger partial charge is 0.239 e. The minimum Gasteiger partial charge on any atom is -0.481 e. The van der Waals surface area contributed by atoms with Crippen molar-refractivity contribution >= 4 is 23.2 Å². The molecular formula is C20H20N6O2S. The fraction of sp³-hybridized carbons (Fsp3) is 0.250. The lowest BCUT2D eigenvalue weighted by atomic mass is 9.77. The minimum absolute atomic E-state index is 0.0632. The molecule has 3 aromatic rings. The molecule has 0 bridgehead atoms. The molecule has 0 aromatic carbocycles. The molecule has 4 rings (SSSR count). The molecule has 1 fully saturated rings. The van der Waals surface area contributed by atoms with E-state index in [0.717, 1.165) is 21.6 Å². The monoisotopic (exact) mass is 408 g/mol. The third-order valence-electron chi connectivity index (χ3n) is 5.18. The van der Waals surface area contributed by atoms with Crippen LogP contribution in [0, 0.1) is 5.41 Å². The molecule has 1 saturated heterocycles. The average Bonchev–Trinajstić information content (AvgIpc) is 3.24. The zero-order valence-electron chi connectivity index (χ0n) is 16.2. The molecular weight excluding hydrogens is 388 g/mol. The number of carbonyl (C=O) groups is 1. The van der Waals surface area contributed by atoms with Gasteiger partial charge in [0.1, 0.15) is 6.33 Å². The summed E-state index contributed by atoms with van der Waals surface area (Å²) in [5.74, 6) is -0.178. The number of aromatic nitrogens is 3. The second-order valence-corrected chi connectivity index (χ2v) is 7.88. The van der Waals surface area contributed by atoms with Crippen molar-refractivity contribution in [1.29, 1.82) is 5.41 Å². The van der Waals surface area contributed by atoms with E-state index in [-0.39, 0.29) is 11.9 Å². The van der Waals surface area contributed by atoms with Crippen molar-refractivity contribution in [3.63, 3.8) is 0 Å². The fourth-order valence-electron chi connectivity index (χ4n) is 3.52. The average molecular weight is 408 g/mol. The number of nitrogens with zero attached hydrogens (tertiary/aromatic N) is 4. The number of likely N-dealkylation sites (N-methyl/N-ethyl adjacent to an activating group) is 1. The number of pyridine rings is 1. The first kappa shape index (κ1) is 19.0. The van der Waals surface area contributed by atoms with E-state index in [9.17, 15) is 4.79 Å². The highest BCUT2D eigenvalue weighted by molar-refractivity contribution is 7.10. The largest absolute Gasteiger partial charge is 0.481 e. The van der Waals surface area contributed by atoms with Crippen molar-refractivity contribution in [3.8, 4) is 17.0 Å². The Hall–Kier alpha value is -3.33. The fourth-order valence-corrected chi connectivity index (χ4v) is 4.59.